The molecule has 0 atom stereocenters. The number of anilines is 1. The van der Waals surface area contributed by atoms with Gasteiger partial charge in [0.1, 0.15) is 5.82 Å². The van der Waals surface area contributed by atoms with Crippen LogP contribution in [0.25, 0.3) is 0 Å². The molecule has 0 saturated carbocycles. The molecule has 0 unspecified atom stereocenters. The summed E-state index contributed by atoms with van der Waals surface area (Å²) in [6.45, 7) is 1.37. The third-order valence-electron chi connectivity index (χ3n) is 2.72. The fourth-order valence-electron chi connectivity index (χ4n) is 1.69. The van der Waals surface area contributed by atoms with Gasteiger partial charge in [-0.25, -0.2) is 9.18 Å². The first kappa shape index (κ1) is 13.8. The van der Waals surface area contributed by atoms with Crippen molar-refractivity contribution in [2.24, 2.45) is 0 Å². The summed E-state index contributed by atoms with van der Waals surface area (Å²) in [4.78, 5) is 11.6. The van der Waals surface area contributed by atoms with Gasteiger partial charge in [0, 0.05) is 11.9 Å². The van der Waals surface area contributed by atoms with E-state index in [0.29, 0.717) is 18.9 Å². The Bertz CT molecular complexity index is 497. The van der Waals surface area contributed by atoms with Crippen molar-refractivity contribution in [2.45, 2.75) is 12.8 Å². The number of nitrogens with one attached hydrogen (secondary N) is 2. The summed E-state index contributed by atoms with van der Waals surface area (Å²) in [6.07, 6.45) is 3.33. The Labute approximate surface area is 115 Å². The Kier molecular flexibility index (Phi) is 4.76. The van der Waals surface area contributed by atoms with E-state index in [1.54, 1.807) is 6.20 Å². The molecular formula is C13H14ClFN2O2. The molecule has 0 radical (unpaired) electrons. The van der Waals surface area contributed by atoms with Crippen molar-refractivity contribution in [1.82, 2.24) is 5.32 Å². The van der Waals surface area contributed by atoms with Gasteiger partial charge in [0.05, 0.1) is 18.2 Å². The molecule has 1 aromatic carbocycles. The maximum absolute atomic E-state index is 12.9. The summed E-state index contributed by atoms with van der Waals surface area (Å²) in [5.41, 5.74) is 1.58. The van der Waals surface area contributed by atoms with Crippen LogP contribution in [0, 0.1) is 5.82 Å². The quantitative estimate of drug-likeness (QED) is 0.875. The molecule has 0 aromatic heterocycles. The van der Waals surface area contributed by atoms with Crippen molar-refractivity contribution >= 4 is 23.3 Å². The molecule has 0 aliphatic carbocycles. The standard InChI is InChI=1S/C13H14ClFN2O2/c14-11-7-10(1-2-12(11)15)17-13(18)16-8-9-3-5-19-6-4-9/h1-2,7-8H,3-6H2,(H2,16,17,18). The largest absolute Gasteiger partial charge is 0.381 e. The summed E-state index contributed by atoms with van der Waals surface area (Å²) in [6, 6.07) is 3.62. The average Bonchev–Trinajstić information content (AvgIpc) is 2.42. The smallest absolute Gasteiger partial charge is 0.323 e. The number of urea groups is 1. The Hall–Kier alpha value is -1.59. The van der Waals surface area contributed by atoms with Gasteiger partial charge in [-0.1, -0.05) is 11.6 Å². The van der Waals surface area contributed by atoms with Gasteiger partial charge in [-0.05, 0) is 36.6 Å². The van der Waals surface area contributed by atoms with Crippen molar-refractivity contribution in [1.29, 1.82) is 0 Å². The van der Waals surface area contributed by atoms with E-state index < -0.39 is 5.82 Å². The zero-order valence-electron chi connectivity index (χ0n) is 10.2. The van der Waals surface area contributed by atoms with Crippen molar-refractivity contribution < 1.29 is 13.9 Å². The van der Waals surface area contributed by atoms with E-state index in [9.17, 15) is 9.18 Å². The zero-order chi connectivity index (χ0) is 13.7. The van der Waals surface area contributed by atoms with Crippen LogP contribution in [-0.4, -0.2) is 19.2 Å². The normalized spacial score (nSPS) is 14.9. The number of amides is 2. The Morgan fingerprint density at radius 3 is 2.79 bits per heavy atom. The third kappa shape index (κ3) is 4.22. The lowest BCUT2D eigenvalue weighted by Gasteiger charge is -2.14. The van der Waals surface area contributed by atoms with E-state index in [1.165, 1.54) is 18.2 Å². The van der Waals surface area contributed by atoms with Crippen molar-refractivity contribution in [2.75, 3.05) is 18.5 Å². The number of hydrogen-bond donors (Lipinski definition) is 2. The van der Waals surface area contributed by atoms with Crippen LogP contribution in [0.2, 0.25) is 5.02 Å². The van der Waals surface area contributed by atoms with E-state index in [0.717, 1.165) is 18.4 Å². The number of carbonyl (C=O) groups is 1. The highest BCUT2D eigenvalue weighted by Gasteiger charge is 2.07. The number of hydrogen-bond acceptors (Lipinski definition) is 2. The minimum Gasteiger partial charge on any atom is -0.381 e. The van der Waals surface area contributed by atoms with E-state index >= 15 is 0 Å². The Morgan fingerprint density at radius 2 is 2.11 bits per heavy atom. The van der Waals surface area contributed by atoms with Gasteiger partial charge >= 0.3 is 6.03 Å². The molecule has 1 aliphatic heterocycles. The van der Waals surface area contributed by atoms with Crippen LogP contribution in [0.15, 0.2) is 30.0 Å². The number of carbonyl (C=O) groups excluding carboxylic acids is 1. The van der Waals surface area contributed by atoms with Gasteiger partial charge in [0.15, 0.2) is 0 Å². The van der Waals surface area contributed by atoms with E-state index in [2.05, 4.69) is 10.6 Å². The predicted octanol–water partition coefficient (Wildman–Crippen LogP) is 3.29. The summed E-state index contributed by atoms with van der Waals surface area (Å²) in [5.74, 6) is -0.517. The molecule has 102 valence electrons. The van der Waals surface area contributed by atoms with Gasteiger partial charge in [-0.2, -0.15) is 0 Å². The second-order valence-electron chi connectivity index (χ2n) is 4.14. The highest BCUT2D eigenvalue weighted by Crippen LogP contribution is 2.19. The fraction of sp³-hybridized carbons (Fsp3) is 0.308. The predicted molar refractivity (Wildman–Crippen MR) is 71.7 cm³/mol. The van der Waals surface area contributed by atoms with E-state index in [1.807, 2.05) is 0 Å². The zero-order valence-corrected chi connectivity index (χ0v) is 11.0. The van der Waals surface area contributed by atoms with Crippen molar-refractivity contribution in [3.63, 3.8) is 0 Å². The van der Waals surface area contributed by atoms with Gasteiger partial charge < -0.3 is 15.4 Å². The molecule has 1 heterocycles. The first-order valence-electron chi connectivity index (χ1n) is 5.93. The summed E-state index contributed by atoms with van der Waals surface area (Å²) in [7, 11) is 0. The lowest BCUT2D eigenvalue weighted by Crippen LogP contribution is -2.25. The third-order valence-corrected chi connectivity index (χ3v) is 3.01. The molecule has 19 heavy (non-hydrogen) atoms. The molecule has 2 rings (SSSR count). The topological polar surface area (TPSA) is 50.4 Å². The first-order valence-corrected chi connectivity index (χ1v) is 6.31. The maximum Gasteiger partial charge on any atom is 0.323 e. The average molecular weight is 285 g/mol. The SMILES string of the molecule is O=C(NC=C1CCOCC1)Nc1ccc(F)c(Cl)c1. The lowest BCUT2D eigenvalue weighted by molar-refractivity contribution is 0.119. The van der Waals surface area contributed by atoms with Gasteiger partial charge in [0.25, 0.3) is 0 Å². The molecule has 1 aromatic rings. The van der Waals surface area contributed by atoms with Crippen LogP contribution < -0.4 is 10.6 Å². The molecule has 2 N–H and O–H groups in total. The lowest BCUT2D eigenvalue weighted by atomic mass is 10.1. The summed E-state index contributed by atoms with van der Waals surface area (Å²) < 4.78 is 18.2. The highest BCUT2D eigenvalue weighted by molar-refractivity contribution is 6.31. The van der Waals surface area contributed by atoms with Gasteiger partial charge in [0.2, 0.25) is 0 Å². The highest BCUT2D eigenvalue weighted by atomic mass is 35.5. The van der Waals surface area contributed by atoms with Gasteiger partial charge in [-0.15, -0.1) is 0 Å². The maximum atomic E-state index is 12.9. The Balaban J connectivity index is 1.88. The number of rotatable bonds is 2. The summed E-state index contributed by atoms with van der Waals surface area (Å²) in [5, 5.41) is 5.18. The second kappa shape index (κ2) is 6.54. The molecule has 1 saturated heterocycles. The molecule has 0 spiro atoms. The van der Waals surface area contributed by atoms with Crippen LogP contribution in [0.5, 0.6) is 0 Å². The number of benzene rings is 1. The monoisotopic (exact) mass is 284 g/mol. The van der Waals surface area contributed by atoms with Crippen LogP contribution in [-0.2, 0) is 4.74 Å². The van der Waals surface area contributed by atoms with Crippen LogP contribution >= 0.6 is 11.6 Å². The van der Waals surface area contributed by atoms with Crippen molar-refractivity contribution in [3.8, 4) is 0 Å². The van der Waals surface area contributed by atoms with Crippen LogP contribution in [0.4, 0.5) is 14.9 Å². The van der Waals surface area contributed by atoms with Crippen molar-refractivity contribution in [3.05, 3.63) is 40.8 Å². The van der Waals surface area contributed by atoms with E-state index in [4.69, 9.17) is 16.3 Å². The molecular weight excluding hydrogens is 271 g/mol. The molecule has 2 amide bonds. The fourth-order valence-corrected chi connectivity index (χ4v) is 1.87. The minimum atomic E-state index is -0.517. The Morgan fingerprint density at radius 1 is 1.37 bits per heavy atom. The molecule has 4 nitrogen and oxygen atoms in total. The molecule has 1 aliphatic rings. The minimum absolute atomic E-state index is 0.0272. The molecule has 0 bridgehead atoms. The summed E-state index contributed by atoms with van der Waals surface area (Å²) >= 11 is 5.62. The second-order valence-corrected chi connectivity index (χ2v) is 4.55. The number of halogens is 2. The molecule has 6 heteroatoms. The number of ether oxygens (including phenoxy) is 1. The molecule has 1 fully saturated rings. The van der Waals surface area contributed by atoms with Crippen LogP contribution in [0.1, 0.15) is 12.8 Å². The van der Waals surface area contributed by atoms with Gasteiger partial charge in [-0.3, -0.25) is 0 Å². The van der Waals surface area contributed by atoms with E-state index in [-0.39, 0.29) is 11.1 Å². The van der Waals surface area contributed by atoms with Crippen LogP contribution in [0.3, 0.4) is 0 Å². The first-order chi connectivity index (χ1) is 9.15.